The highest BCUT2D eigenvalue weighted by atomic mass is 32.1. The molecule has 0 spiro atoms. The summed E-state index contributed by atoms with van der Waals surface area (Å²) >= 11 is 1.36. The summed E-state index contributed by atoms with van der Waals surface area (Å²) in [5, 5.41) is 0.425. The molecule has 0 saturated carbocycles. The van der Waals surface area contributed by atoms with Gasteiger partial charge < -0.3 is 11.6 Å². The predicted octanol–water partition coefficient (Wildman–Crippen LogP) is -0.167. The van der Waals surface area contributed by atoms with Crippen LogP contribution in [0.25, 0.3) is 10.2 Å². The number of nitrogen functional groups attached to an aromatic ring is 1. The van der Waals surface area contributed by atoms with Crippen LogP contribution < -0.4 is 17.1 Å². The predicted molar refractivity (Wildman–Crippen MR) is 61.9 cm³/mol. The Hall–Kier alpha value is -1.89. The van der Waals surface area contributed by atoms with Gasteiger partial charge >= 0.3 is 0 Å². The zero-order valence-corrected chi connectivity index (χ0v) is 9.37. The summed E-state index contributed by atoms with van der Waals surface area (Å²) in [7, 11) is 0. The molecule has 1 amide bonds. The Morgan fingerprint density at radius 2 is 2.31 bits per heavy atom. The number of nitrogens with zero attached hydrogens (tertiary/aromatic N) is 2. The first-order valence-corrected chi connectivity index (χ1v) is 5.46. The molecular weight excluding hydrogens is 228 g/mol. The monoisotopic (exact) mass is 238 g/mol. The van der Waals surface area contributed by atoms with Crippen LogP contribution in [0.1, 0.15) is 22.4 Å². The number of aryl methyl sites for hydroxylation is 1. The van der Waals surface area contributed by atoms with Crippen molar-refractivity contribution in [1.82, 2.24) is 9.66 Å². The van der Waals surface area contributed by atoms with Crippen molar-refractivity contribution >= 4 is 27.5 Å². The van der Waals surface area contributed by atoms with Gasteiger partial charge in [-0.25, -0.2) is 9.66 Å². The van der Waals surface area contributed by atoms with Crippen LogP contribution in [-0.4, -0.2) is 15.6 Å². The second-order valence-electron chi connectivity index (χ2n) is 3.26. The highest BCUT2D eigenvalue weighted by molar-refractivity contribution is 7.18. The van der Waals surface area contributed by atoms with Gasteiger partial charge in [0.1, 0.15) is 4.83 Å². The number of amides is 1. The third kappa shape index (κ3) is 1.45. The number of rotatable bonds is 2. The maximum atomic E-state index is 11.8. The van der Waals surface area contributed by atoms with E-state index in [4.69, 9.17) is 11.6 Å². The molecule has 2 aromatic rings. The molecule has 0 aliphatic heterocycles. The summed E-state index contributed by atoms with van der Waals surface area (Å²) in [4.78, 5) is 28.3. The number of thiophene rings is 1. The summed E-state index contributed by atoms with van der Waals surface area (Å²) in [5.41, 5.74) is 4.63. The van der Waals surface area contributed by atoms with E-state index in [1.165, 1.54) is 11.3 Å². The van der Waals surface area contributed by atoms with Crippen LogP contribution in [0.4, 0.5) is 0 Å². The van der Waals surface area contributed by atoms with Gasteiger partial charge in [-0.3, -0.25) is 9.59 Å². The van der Waals surface area contributed by atoms with E-state index in [0.29, 0.717) is 14.9 Å². The van der Waals surface area contributed by atoms with Crippen molar-refractivity contribution in [2.24, 2.45) is 5.73 Å². The molecule has 0 aliphatic rings. The van der Waals surface area contributed by atoms with E-state index in [9.17, 15) is 9.59 Å². The summed E-state index contributed by atoms with van der Waals surface area (Å²) in [6.07, 6.45) is 0.803. The first-order valence-electron chi connectivity index (χ1n) is 4.65. The minimum absolute atomic E-state index is 0.220. The van der Waals surface area contributed by atoms with Gasteiger partial charge in [0, 0.05) is 4.88 Å². The third-order valence-electron chi connectivity index (χ3n) is 2.22. The molecule has 0 unspecified atom stereocenters. The maximum Gasteiger partial charge on any atom is 0.286 e. The largest absolute Gasteiger partial charge is 0.363 e. The average Bonchev–Trinajstić information content (AvgIpc) is 2.66. The van der Waals surface area contributed by atoms with E-state index in [1.807, 2.05) is 6.92 Å². The molecule has 0 saturated heterocycles. The molecule has 0 bridgehead atoms. The lowest BCUT2D eigenvalue weighted by atomic mass is 10.3. The fourth-order valence-electron chi connectivity index (χ4n) is 1.39. The number of nitrogens with two attached hydrogens (primary N) is 2. The van der Waals surface area contributed by atoms with E-state index in [2.05, 4.69) is 4.98 Å². The number of hydrogen-bond acceptors (Lipinski definition) is 5. The maximum absolute atomic E-state index is 11.8. The zero-order chi connectivity index (χ0) is 11.9. The van der Waals surface area contributed by atoms with Crippen LogP contribution in [0.3, 0.4) is 0 Å². The van der Waals surface area contributed by atoms with E-state index >= 15 is 0 Å². The van der Waals surface area contributed by atoms with Crippen molar-refractivity contribution in [2.75, 3.05) is 5.84 Å². The number of carbonyl (C=O) groups excluding carboxylic acids is 1. The van der Waals surface area contributed by atoms with Gasteiger partial charge in [0.2, 0.25) is 5.82 Å². The lowest BCUT2D eigenvalue weighted by Crippen LogP contribution is -2.35. The van der Waals surface area contributed by atoms with Crippen molar-refractivity contribution in [3.63, 3.8) is 0 Å². The molecule has 2 aromatic heterocycles. The summed E-state index contributed by atoms with van der Waals surface area (Å²) in [6.45, 7) is 1.97. The number of aromatic nitrogens is 2. The van der Waals surface area contributed by atoms with Crippen molar-refractivity contribution in [3.05, 3.63) is 27.1 Å². The molecule has 0 atom stereocenters. The first-order chi connectivity index (χ1) is 7.54. The Bertz CT molecular complexity index is 628. The van der Waals surface area contributed by atoms with Crippen LogP contribution >= 0.6 is 11.3 Å². The fraction of sp³-hybridized carbons (Fsp3) is 0.222. The van der Waals surface area contributed by atoms with Crippen molar-refractivity contribution in [3.8, 4) is 0 Å². The summed E-state index contributed by atoms with van der Waals surface area (Å²) in [6, 6.07) is 1.74. The molecule has 4 N–H and O–H groups in total. The van der Waals surface area contributed by atoms with Crippen LogP contribution in [0.2, 0.25) is 0 Å². The average molecular weight is 238 g/mol. The van der Waals surface area contributed by atoms with Gasteiger partial charge in [0.05, 0.1) is 5.39 Å². The van der Waals surface area contributed by atoms with Crippen LogP contribution in [0, 0.1) is 0 Å². The molecule has 84 valence electrons. The highest BCUT2D eigenvalue weighted by Gasteiger charge is 2.15. The standard InChI is InChI=1S/C9H10N4O2S/c1-2-4-3-5-8(16-4)12-7(6(10)14)13(11)9(5)15/h3H,2,11H2,1H3,(H2,10,14). The smallest absolute Gasteiger partial charge is 0.286 e. The Kier molecular flexibility index (Phi) is 2.39. The van der Waals surface area contributed by atoms with Gasteiger partial charge in [-0.1, -0.05) is 6.92 Å². The van der Waals surface area contributed by atoms with Gasteiger partial charge in [-0.2, -0.15) is 0 Å². The molecule has 2 heterocycles. The van der Waals surface area contributed by atoms with E-state index in [0.717, 1.165) is 11.3 Å². The first kappa shape index (κ1) is 10.6. The lowest BCUT2D eigenvalue weighted by Gasteiger charge is -2.02. The van der Waals surface area contributed by atoms with Crippen LogP contribution in [-0.2, 0) is 6.42 Å². The van der Waals surface area contributed by atoms with E-state index < -0.39 is 11.5 Å². The normalized spacial score (nSPS) is 10.8. The van der Waals surface area contributed by atoms with Gasteiger partial charge in [-0.05, 0) is 12.5 Å². The number of hydrogen-bond donors (Lipinski definition) is 2. The highest BCUT2D eigenvalue weighted by Crippen LogP contribution is 2.21. The quantitative estimate of drug-likeness (QED) is 0.709. The summed E-state index contributed by atoms with van der Waals surface area (Å²) < 4.78 is 0.691. The third-order valence-corrected chi connectivity index (χ3v) is 3.39. The molecule has 0 radical (unpaired) electrons. The van der Waals surface area contributed by atoms with Crippen LogP contribution in [0.15, 0.2) is 10.9 Å². The molecule has 0 aliphatic carbocycles. The van der Waals surface area contributed by atoms with Crippen molar-refractivity contribution < 1.29 is 4.79 Å². The van der Waals surface area contributed by atoms with Gasteiger partial charge in [0.15, 0.2) is 0 Å². The number of carbonyl (C=O) groups is 1. The summed E-state index contributed by atoms with van der Waals surface area (Å²) in [5.74, 6) is 4.41. The zero-order valence-electron chi connectivity index (χ0n) is 8.56. The fourth-order valence-corrected chi connectivity index (χ4v) is 2.35. The second-order valence-corrected chi connectivity index (χ2v) is 4.38. The molecule has 16 heavy (non-hydrogen) atoms. The molecule has 6 nitrogen and oxygen atoms in total. The molecular formula is C9H10N4O2S. The molecule has 2 rings (SSSR count). The van der Waals surface area contributed by atoms with Crippen molar-refractivity contribution in [2.45, 2.75) is 13.3 Å². The van der Waals surface area contributed by atoms with E-state index in [1.54, 1.807) is 6.07 Å². The Morgan fingerprint density at radius 3 is 2.88 bits per heavy atom. The van der Waals surface area contributed by atoms with Crippen molar-refractivity contribution in [1.29, 1.82) is 0 Å². The molecule has 7 heteroatoms. The second kappa shape index (κ2) is 3.60. The number of fused-ring (bicyclic) bond motifs is 1. The Labute approximate surface area is 94.5 Å². The Balaban J connectivity index is 2.85. The lowest BCUT2D eigenvalue weighted by molar-refractivity contribution is 0.0987. The molecule has 0 fully saturated rings. The number of primary amides is 1. The molecule has 0 aromatic carbocycles. The van der Waals surface area contributed by atoms with Gasteiger partial charge in [-0.15, -0.1) is 11.3 Å². The minimum atomic E-state index is -0.812. The minimum Gasteiger partial charge on any atom is -0.363 e. The topological polar surface area (TPSA) is 104 Å². The van der Waals surface area contributed by atoms with Crippen LogP contribution in [0.5, 0.6) is 0 Å². The Morgan fingerprint density at radius 1 is 1.62 bits per heavy atom. The van der Waals surface area contributed by atoms with E-state index in [-0.39, 0.29) is 5.82 Å². The van der Waals surface area contributed by atoms with Gasteiger partial charge in [0.25, 0.3) is 11.5 Å². The SMILES string of the molecule is CCc1cc2c(=O)n(N)c(C(N)=O)nc2s1.